The molecule has 0 fully saturated rings. The highest BCUT2D eigenvalue weighted by atomic mass is 32.2. The number of amides is 1. The van der Waals surface area contributed by atoms with Gasteiger partial charge < -0.3 is 9.88 Å². The van der Waals surface area contributed by atoms with Crippen molar-refractivity contribution in [1.29, 1.82) is 0 Å². The zero-order valence-electron chi connectivity index (χ0n) is 16.4. The summed E-state index contributed by atoms with van der Waals surface area (Å²) in [5.74, 6) is 0.711. The molecular formula is C20H21N5O3S. The Morgan fingerprint density at radius 2 is 2.00 bits per heavy atom. The van der Waals surface area contributed by atoms with Crippen molar-refractivity contribution in [2.24, 2.45) is 0 Å². The quantitative estimate of drug-likeness (QED) is 0.355. The molecule has 3 aromatic rings. The van der Waals surface area contributed by atoms with Crippen LogP contribution in [-0.2, 0) is 11.3 Å². The molecule has 0 bridgehead atoms. The molecule has 8 nitrogen and oxygen atoms in total. The Bertz CT molecular complexity index is 1060. The average Bonchev–Trinajstić information content (AvgIpc) is 3.10. The lowest BCUT2D eigenvalue weighted by Gasteiger charge is -2.09. The highest BCUT2D eigenvalue weighted by Crippen LogP contribution is 2.25. The Hall–Kier alpha value is -3.20. The van der Waals surface area contributed by atoms with Crippen LogP contribution in [0.5, 0.6) is 0 Å². The molecule has 0 aliphatic heterocycles. The molecule has 0 saturated carbocycles. The number of hydrogen-bond acceptors (Lipinski definition) is 6. The summed E-state index contributed by atoms with van der Waals surface area (Å²) in [4.78, 5) is 22.7. The van der Waals surface area contributed by atoms with Crippen LogP contribution < -0.4 is 5.32 Å². The normalized spacial score (nSPS) is 10.7. The summed E-state index contributed by atoms with van der Waals surface area (Å²) in [6.07, 6.45) is 0. The van der Waals surface area contributed by atoms with Crippen molar-refractivity contribution in [3.05, 3.63) is 63.7 Å². The summed E-state index contributed by atoms with van der Waals surface area (Å²) in [6.45, 7) is 6.43. The summed E-state index contributed by atoms with van der Waals surface area (Å²) in [5.41, 5.74) is 3.31. The van der Waals surface area contributed by atoms with Crippen LogP contribution in [0.1, 0.15) is 18.1 Å². The van der Waals surface area contributed by atoms with Gasteiger partial charge in [0.05, 0.1) is 10.7 Å². The molecule has 29 heavy (non-hydrogen) atoms. The molecule has 0 radical (unpaired) electrons. The van der Waals surface area contributed by atoms with E-state index in [1.807, 2.05) is 36.6 Å². The first kappa shape index (κ1) is 20.5. The van der Waals surface area contributed by atoms with Gasteiger partial charge in [-0.25, -0.2) is 0 Å². The van der Waals surface area contributed by atoms with Gasteiger partial charge in [-0.3, -0.25) is 14.9 Å². The van der Waals surface area contributed by atoms with E-state index in [1.165, 1.54) is 23.9 Å². The zero-order chi connectivity index (χ0) is 21.0. The fraction of sp³-hybridized carbons (Fsp3) is 0.250. The molecule has 0 saturated heterocycles. The van der Waals surface area contributed by atoms with E-state index >= 15 is 0 Å². The molecule has 1 N–H and O–H groups in total. The van der Waals surface area contributed by atoms with Crippen LogP contribution in [0.4, 0.5) is 11.4 Å². The number of nitrogens with zero attached hydrogens (tertiary/aromatic N) is 4. The highest BCUT2D eigenvalue weighted by Gasteiger charge is 2.15. The maximum Gasteiger partial charge on any atom is 0.269 e. The third-order valence-electron chi connectivity index (χ3n) is 4.34. The molecular weight excluding hydrogens is 390 g/mol. The van der Waals surface area contributed by atoms with Gasteiger partial charge >= 0.3 is 0 Å². The Kier molecular flexibility index (Phi) is 6.28. The first-order valence-electron chi connectivity index (χ1n) is 9.07. The summed E-state index contributed by atoms with van der Waals surface area (Å²) in [6, 6.07) is 12.4. The second-order valence-electron chi connectivity index (χ2n) is 6.51. The third kappa shape index (κ3) is 4.80. The predicted octanol–water partition coefficient (Wildman–Crippen LogP) is 4.22. The zero-order valence-corrected chi connectivity index (χ0v) is 17.2. The van der Waals surface area contributed by atoms with Gasteiger partial charge in [0.2, 0.25) is 5.91 Å². The van der Waals surface area contributed by atoms with Gasteiger partial charge in [-0.05, 0) is 38.5 Å². The SMILES string of the molecule is CCn1c(SCC(=O)Nc2ccc([N+](=O)[O-])cc2C)nnc1-c1cccc(C)c1. The topological polar surface area (TPSA) is 103 Å². The van der Waals surface area contributed by atoms with E-state index < -0.39 is 4.92 Å². The number of nitro benzene ring substituents is 1. The Balaban J connectivity index is 1.69. The minimum Gasteiger partial charge on any atom is -0.325 e. The van der Waals surface area contributed by atoms with Gasteiger partial charge in [-0.2, -0.15) is 0 Å². The molecule has 0 unspecified atom stereocenters. The minimum atomic E-state index is -0.460. The number of aryl methyl sites for hydroxylation is 2. The lowest BCUT2D eigenvalue weighted by Crippen LogP contribution is -2.15. The van der Waals surface area contributed by atoms with Crippen LogP contribution >= 0.6 is 11.8 Å². The van der Waals surface area contributed by atoms with Crippen molar-refractivity contribution >= 4 is 29.0 Å². The number of benzene rings is 2. The Morgan fingerprint density at radius 1 is 1.21 bits per heavy atom. The number of hydrogen-bond donors (Lipinski definition) is 1. The van der Waals surface area contributed by atoms with Crippen LogP contribution in [0.15, 0.2) is 47.6 Å². The smallest absolute Gasteiger partial charge is 0.269 e. The minimum absolute atomic E-state index is 0.00500. The first-order valence-corrected chi connectivity index (χ1v) is 10.1. The Morgan fingerprint density at radius 3 is 2.66 bits per heavy atom. The summed E-state index contributed by atoms with van der Waals surface area (Å²) in [5, 5.41) is 22.8. The van der Waals surface area contributed by atoms with Crippen molar-refractivity contribution in [3.63, 3.8) is 0 Å². The van der Waals surface area contributed by atoms with Gasteiger partial charge in [0.15, 0.2) is 11.0 Å². The highest BCUT2D eigenvalue weighted by molar-refractivity contribution is 7.99. The lowest BCUT2D eigenvalue weighted by atomic mass is 10.1. The van der Waals surface area contributed by atoms with Crippen LogP contribution in [0.25, 0.3) is 11.4 Å². The summed E-state index contributed by atoms with van der Waals surface area (Å²) in [7, 11) is 0. The van der Waals surface area contributed by atoms with Gasteiger partial charge in [-0.15, -0.1) is 10.2 Å². The monoisotopic (exact) mass is 411 g/mol. The number of rotatable bonds is 7. The molecule has 150 valence electrons. The molecule has 0 aliphatic rings. The fourth-order valence-corrected chi connectivity index (χ4v) is 3.70. The van der Waals surface area contributed by atoms with Crippen LogP contribution in [0, 0.1) is 24.0 Å². The van der Waals surface area contributed by atoms with E-state index in [-0.39, 0.29) is 17.3 Å². The number of anilines is 1. The lowest BCUT2D eigenvalue weighted by molar-refractivity contribution is -0.384. The third-order valence-corrected chi connectivity index (χ3v) is 5.30. The van der Waals surface area contributed by atoms with Crippen LogP contribution in [0.2, 0.25) is 0 Å². The molecule has 1 aromatic heterocycles. The maximum atomic E-state index is 12.4. The largest absolute Gasteiger partial charge is 0.325 e. The molecule has 0 spiro atoms. The number of non-ortho nitro benzene ring substituents is 1. The number of carbonyl (C=O) groups is 1. The second kappa shape index (κ2) is 8.87. The standard InChI is InChI=1S/C20H21N5O3S/c1-4-24-19(15-7-5-6-13(2)10-15)22-23-20(24)29-12-18(26)21-17-9-8-16(25(27)28)11-14(17)3/h5-11H,4,12H2,1-3H3,(H,21,26). The molecule has 1 heterocycles. The van der Waals surface area contributed by atoms with Crippen molar-refractivity contribution in [2.75, 3.05) is 11.1 Å². The molecule has 1 amide bonds. The van der Waals surface area contributed by atoms with Crippen LogP contribution in [-0.4, -0.2) is 31.3 Å². The fourth-order valence-electron chi connectivity index (χ4n) is 2.90. The van der Waals surface area contributed by atoms with E-state index in [9.17, 15) is 14.9 Å². The van der Waals surface area contributed by atoms with E-state index in [4.69, 9.17) is 0 Å². The van der Waals surface area contributed by atoms with Gasteiger partial charge in [0, 0.05) is 29.9 Å². The van der Waals surface area contributed by atoms with Crippen molar-refractivity contribution in [2.45, 2.75) is 32.5 Å². The Labute approximate surface area is 172 Å². The first-order chi connectivity index (χ1) is 13.9. The molecule has 9 heteroatoms. The van der Waals surface area contributed by atoms with Crippen molar-refractivity contribution in [3.8, 4) is 11.4 Å². The summed E-state index contributed by atoms with van der Waals surface area (Å²) >= 11 is 1.30. The van der Waals surface area contributed by atoms with Gasteiger partial charge in [0.1, 0.15) is 0 Å². The van der Waals surface area contributed by atoms with Gasteiger partial charge in [0.25, 0.3) is 5.69 Å². The maximum absolute atomic E-state index is 12.4. The van der Waals surface area contributed by atoms with E-state index in [2.05, 4.69) is 21.6 Å². The molecule has 2 aromatic carbocycles. The number of carbonyl (C=O) groups excluding carboxylic acids is 1. The van der Waals surface area contributed by atoms with E-state index in [0.29, 0.717) is 23.0 Å². The van der Waals surface area contributed by atoms with E-state index in [1.54, 1.807) is 13.0 Å². The second-order valence-corrected chi connectivity index (χ2v) is 7.46. The summed E-state index contributed by atoms with van der Waals surface area (Å²) < 4.78 is 1.98. The number of nitrogens with one attached hydrogen (secondary N) is 1. The van der Waals surface area contributed by atoms with E-state index in [0.717, 1.165) is 17.0 Å². The molecule has 0 atom stereocenters. The van der Waals surface area contributed by atoms with Gasteiger partial charge in [-0.1, -0.05) is 35.5 Å². The van der Waals surface area contributed by atoms with Crippen molar-refractivity contribution in [1.82, 2.24) is 14.8 Å². The van der Waals surface area contributed by atoms with Crippen molar-refractivity contribution < 1.29 is 9.72 Å². The number of thioether (sulfide) groups is 1. The van der Waals surface area contributed by atoms with Crippen LogP contribution in [0.3, 0.4) is 0 Å². The molecule has 0 aliphatic carbocycles. The number of aromatic nitrogens is 3. The predicted molar refractivity (Wildman–Crippen MR) is 113 cm³/mol. The average molecular weight is 411 g/mol. The molecule has 3 rings (SSSR count). The number of nitro groups is 1.